The van der Waals surface area contributed by atoms with Gasteiger partial charge in [-0.05, 0) is 31.4 Å². The van der Waals surface area contributed by atoms with Crippen LogP contribution < -0.4 is 4.74 Å². The number of aryl methyl sites for hydroxylation is 1. The van der Waals surface area contributed by atoms with Crippen LogP contribution in [0.1, 0.15) is 75.0 Å². The maximum Gasteiger partial charge on any atom is 0.279 e. The van der Waals surface area contributed by atoms with Gasteiger partial charge in [0.15, 0.2) is 11.6 Å². The number of unbranched alkanes of at least 4 members (excludes halogenated alkanes) is 7. The second kappa shape index (κ2) is 13.0. The Morgan fingerprint density at radius 2 is 1.33 bits per heavy atom. The largest absolute Gasteiger partial charge is 0.490 e. The maximum atomic E-state index is 12.4. The van der Waals surface area contributed by atoms with Crippen molar-refractivity contribution in [2.24, 2.45) is 0 Å². The Balaban J connectivity index is 1.60. The van der Waals surface area contributed by atoms with Crippen molar-refractivity contribution in [2.75, 3.05) is 6.61 Å². The Kier molecular flexibility index (Phi) is 10.0. The molecule has 2 aromatic carbocycles. The van der Waals surface area contributed by atoms with Gasteiger partial charge in [0.05, 0.1) is 19.0 Å². The SMILES string of the molecule is [CH2]C(c1ccc(C)cc1)(c1ccc(-c2ncc(OCCCCCCCCCC)cn2)cc1)S(=O)(=O)O. The van der Waals surface area contributed by atoms with Crippen molar-refractivity contribution in [1.82, 2.24) is 9.97 Å². The van der Waals surface area contributed by atoms with Crippen LogP contribution in [0, 0.1) is 13.8 Å². The molecule has 0 spiro atoms. The van der Waals surface area contributed by atoms with E-state index in [0.29, 0.717) is 29.3 Å². The molecule has 1 aromatic heterocycles. The third kappa shape index (κ3) is 7.14. The highest BCUT2D eigenvalue weighted by Crippen LogP contribution is 2.37. The molecule has 0 aliphatic rings. The van der Waals surface area contributed by atoms with Crippen molar-refractivity contribution in [3.8, 4) is 17.1 Å². The number of benzene rings is 2. The molecule has 0 saturated heterocycles. The van der Waals surface area contributed by atoms with Gasteiger partial charge in [-0.25, -0.2) is 9.97 Å². The summed E-state index contributed by atoms with van der Waals surface area (Å²) in [6.07, 6.45) is 13.3. The zero-order valence-electron chi connectivity index (χ0n) is 21.3. The minimum absolute atomic E-state index is 0.350. The van der Waals surface area contributed by atoms with Crippen molar-refractivity contribution in [1.29, 1.82) is 0 Å². The Morgan fingerprint density at radius 3 is 1.86 bits per heavy atom. The molecule has 0 saturated carbocycles. The van der Waals surface area contributed by atoms with E-state index in [2.05, 4.69) is 23.8 Å². The first-order chi connectivity index (χ1) is 17.3. The zero-order chi connectivity index (χ0) is 26.0. The Hall–Kier alpha value is -2.77. The van der Waals surface area contributed by atoms with E-state index in [4.69, 9.17) is 4.74 Å². The summed E-state index contributed by atoms with van der Waals surface area (Å²) in [5.41, 5.74) is 2.43. The topological polar surface area (TPSA) is 89.4 Å². The summed E-state index contributed by atoms with van der Waals surface area (Å²) >= 11 is 0. The van der Waals surface area contributed by atoms with E-state index in [1.165, 1.54) is 38.5 Å². The number of rotatable bonds is 14. The van der Waals surface area contributed by atoms with E-state index in [-0.39, 0.29) is 0 Å². The van der Waals surface area contributed by atoms with Gasteiger partial charge in [0.2, 0.25) is 0 Å². The second-order valence-corrected chi connectivity index (χ2v) is 11.0. The van der Waals surface area contributed by atoms with Crippen LogP contribution in [0.2, 0.25) is 0 Å². The number of nitrogens with zero attached hydrogens (tertiary/aromatic N) is 2. The van der Waals surface area contributed by atoms with E-state index in [9.17, 15) is 13.0 Å². The lowest BCUT2D eigenvalue weighted by Crippen LogP contribution is -2.33. The highest BCUT2D eigenvalue weighted by atomic mass is 32.2. The molecular formula is C29H37N2O4S. The molecule has 36 heavy (non-hydrogen) atoms. The van der Waals surface area contributed by atoms with Crippen LogP contribution in [0.4, 0.5) is 0 Å². The van der Waals surface area contributed by atoms with Gasteiger partial charge in [0.1, 0.15) is 4.75 Å². The lowest BCUT2D eigenvalue weighted by atomic mass is 9.91. The predicted octanol–water partition coefficient (Wildman–Crippen LogP) is 6.94. The average Bonchev–Trinajstić information content (AvgIpc) is 2.87. The minimum Gasteiger partial charge on any atom is -0.490 e. The van der Waals surface area contributed by atoms with Crippen LogP contribution in [-0.4, -0.2) is 29.5 Å². The molecule has 3 aromatic rings. The molecular weight excluding hydrogens is 472 g/mol. The summed E-state index contributed by atoms with van der Waals surface area (Å²) in [6, 6.07) is 13.6. The average molecular weight is 510 g/mol. The first-order valence-corrected chi connectivity index (χ1v) is 14.1. The molecule has 0 amide bonds. The molecule has 7 heteroatoms. The van der Waals surface area contributed by atoms with E-state index in [0.717, 1.165) is 24.0 Å². The highest BCUT2D eigenvalue weighted by Gasteiger charge is 2.42. The number of hydrogen-bond acceptors (Lipinski definition) is 5. The van der Waals surface area contributed by atoms with Gasteiger partial charge in [-0.15, -0.1) is 0 Å². The quantitative estimate of drug-likeness (QED) is 0.187. The van der Waals surface area contributed by atoms with E-state index >= 15 is 0 Å². The Morgan fingerprint density at radius 1 is 0.833 bits per heavy atom. The van der Waals surface area contributed by atoms with Crippen molar-refractivity contribution in [3.05, 3.63) is 84.5 Å². The molecule has 1 radical (unpaired) electrons. The van der Waals surface area contributed by atoms with Crippen molar-refractivity contribution in [3.63, 3.8) is 0 Å². The number of ether oxygens (including phenoxy) is 1. The summed E-state index contributed by atoms with van der Waals surface area (Å²) in [4.78, 5) is 8.79. The predicted molar refractivity (Wildman–Crippen MR) is 144 cm³/mol. The van der Waals surface area contributed by atoms with Crippen LogP contribution in [0.15, 0.2) is 60.9 Å². The van der Waals surface area contributed by atoms with Gasteiger partial charge in [-0.2, -0.15) is 8.42 Å². The van der Waals surface area contributed by atoms with Crippen LogP contribution in [0.3, 0.4) is 0 Å². The first-order valence-electron chi connectivity index (χ1n) is 12.7. The summed E-state index contributed by atoms with van der Waals surface area (Å²) in [6.45, 7) is 8.69. The molecule has 193 valence electrons. The second-order valence-electron chi connectivity index (χ2n) is 9.31. The van der Waals surface area contributed by atoms with Gasteiger partial charge < -0.3 is 4.74 Å². The molecule has 1 atom stereocenters. The lowest BCUT2D eigenvalue weighted by Gasteiger charge is -2.27. The van der Waals surface area contributed by atoms with Gasteiger partial charge in [-0.1, -0.05) is 106 Å². The monoisotopic (exact) mass is 509 g/mol. The molecule has 3 rings (SSSR count). The standard InChI is InChI=1S/C29H37N2O4S/c1-4-5-6-7-8-9-10-11-20-35-27-21-30-28(31-22-27)24-14-18-26(19-15-24)29(3,36(32,33)34)25-16-12-23(2)13-17-25/h12-19,21-22H,3-11,20H2,1-2H3,(H,32,33,34). The van der Waals surface area contributed by atoms with E-state index in [1.54, 1.807) is 60.9 Å². The van der Waals surface area contributed by atoms with Crippen molar-refractivity contribution < 1.29 is 17.7 Å². The van der Waals surface area contributed by atoms with Crippen LogP contribution in [0.25, 0.3) is 11.4 Å². The molecule has 0 fully saturated rings. The van der Waals surface area contributed by atoms with Crippen molar-refractivity contribution >= 4 is 10.1 Å². The smallest absolute Gasteiger partial charge is 0.279 e. The molecule has 0 aliphatic carbocycles. The Labute approximate surface area is 215 Å². The van der Waals surface area contributed by atoms with Crippen LogP contribution in [0.5, 0.6) is 5.75 Å². The minimum atomic E-state index is -4.55. The normalized spacial score (nSPS) is 13.3. The van der Waals surface area contributed by atoms with Gasteiger partial charge >= 0.3 is 0 Å². The number of hydrogen-bond donors (Lipinski definition) is 1. The van der Waals surface area contributed by atoms with Gasteiger partial charge in [0, 0.05) is 5.56 Å². The zero-order valence-corrected chi connectivity index (χ0v) is 22.1. The Bertz CT molecular complexity index is 1180. The molecule has 0 aliphatic heterocycles. The number of aromatic nitrogens is 2. The molecule has 1 N–H and O–H groups in total. The fourth-order valence-electron chi connectivity index (χ4n) is 4.14. The summed E-state index contributed by atoms with van der Waals surface area (Å²) in [5.74, 6) is 1.12. The summed E-state index contributed by atoms with van der Waals surface area (Å²) < 4.78 is 38.8. The maximum absolute atomic E-state index is 12.4. The molecule has 6 nitrogen and oxygen atoms in total. The van der Waals surface area contributed by atoms with Crippen LogP contribution >= 0.6 is 0 Å². The van der Waals surface area contributed by atoms with Crippen LogP contribution in [-0.2, 0) is 14.9 Å². The van der Waals surface area contributed by atoms with Gasteiger partial charge in [-0.3, -0.25) is 4.55 Å². The third-order valence-electron chi connectivity index (χ3n) is 6.46. The molecule has 0 bridgehead atoms. The lowest BCUT2D eigenvalue weighted by molar-refractivity contribution is 0.302. The van der Waals surface area contributed by atoms with E-state index in [1.807, 2.05) is 6.92 Å². The first kappa shape index (κ1) is 27.8. The highest BCUT2D eigenvalue weighted by molar-refractivity contribution is 7.87. The molecule has 1 heterocycles. The summed E-state index contributed by atoms with van der Waals surface area (Å²) in [5, 5.41) is 0. The third-order valence-corrected chi connectivity index (χ3v) is 7.81. The van der Waals surface area contributed by atoms with Crippen molar-refractivity contribution in [2.45, 2.75) is 70.0 Å². The summed E-state index contributed by atoms with van der Waals surface area (Å²) in [7, 11) is -4.55. The fourth-order valence-corrected chi connectivity index (χ4v) is 5.01. The van der Waals surface area contributed by atoms with Gasteiger partial charge in [0.25, 0.3) is 10.1 Å². The van der Waals surface area contributed by atoms with E-state index < -0.39 is 14.9 Å². The molecule has 1 unspecified atom stereocenters. The fraction of sp³-hybridized carbons (Fsp3) is 0.414.